The number of rotatable bonds is 7. The largest absolute Gasteiger partial charge is 0.493 e. The van der Waals surface area contributed by atoms with E-state index in [-0.39, 0.29) is 10.5 Å². The Hall–Kier alpha value is -3.60. The standard InChI is InChI=1S/C25H22BrN3O5S/c1-16-21(25(30)29(28-16)19-8-10-20(11-9-19)35(27,31)32)12-18-13-22(26)24(23(14-18)33-2)34-15-17-6-4-3-5-7-17/h3-14,28H,1,15H2,2H3,(H2,27,31,32)/b21-12+. The Morgan fingerprint density at radius 3 is 2.43 bits per heavy atom. The summed E-state index contributed by atoms with van der Waals surface area (Å²) in [6, 6.07) is 19.0. The number of nitrogens with zero attached hydrogens (tertiary/aromatic N) is 1. The molecule has 4 aromatic rings. The molecule has 4 rings (SSSR count). The number of methoxy groups -OCH3 is 1. The lowest BCUT2D eigenvalue weighted by molar-refractivity contribution is 0.282. The molecule has 0 radical (unpaired) electrons. The molecule has 0 saturated heterocycles. The zero-order chi connectivity index (χ0) is 25.2. The van der Waals surface area contributed by atoms with E-state index < -0.39 is 10.0 Å². The van der Waals surface area contributed by atoms with Crippen molar-refractivity contribution in [3.8, 4) is 17.2 Å². The van der Waals surface area contributed by atoms with E-state index in [9.17, 15) is 13.2 Å². The van der Waals surface area contributed by atoms with E-state index in [1.165, 1.54) is 28.9 Å². The summed E-state index contributed by atoms with van der Waals surface area (Å²) in [5.41, 5.74) is 1.80. The van der Waals surface area contributed by atoms with Crippen LogP contribution >= 0.6 is 15.9 Å². The van der Waals surface area contributed by atoms with Gasteiger partial charge in [0.05, 0.1) is 32.7 Å². The van der Waals surface area contributed by atoms with E-state index in [0.29, 0.717) is 44.4 Å². The van der Waals surface area contributed by atoms with Crippen LogP contribution in [-0.4, -0.2) is 25.3 Å². The average molecular weight is 556 g/mol. The highest BCUT2D eigenvalue weighted by molar-refractivity contribution is 9.10. The number of sulfonamides is 1. The van der Waals surface area contributed by atoms with Gasteiger partial charge < -0.3 is 9.47 Å². The van der Waals surface area contributed by atoms with Crippen LogP contribution in [0.1, 0.15) is 11.1 Å². The van der Waals surface area contributed by atoms with Gasteiger partial charge >= 0.3 is 0 Å². The molecule has 0 fully saturated rings. The van der Waals surface area contributed by atoms with Crippen LogP contribution in [0.5, 0.6) is 11.5 Å². The van der Waals surface area contributed by atoms with Crippen LogP contribution in [0.2, 0.25) is 0 Å². The van der Waals surface area contributed by atoms with Crippen LogP contribution in [0.3, 0.4) is 0 Å². The van der Waals surface area contributed by atoms with Gasteiger partial charge in [-0.2, -0.15) is 0 Å². The fourth-order valence-electron chi connectivity index (χ4n) is 3.47. The van der Waals surface area contributed by atoms with Gasteiger partial charge in [0, 0.05) is 0 Å². The van der Waals surface area contributed by atoms with E-state index in [1.54, 1.807) is 19.3 Å². The number of halogens is 1. The molecule has 0 aliphatic rings. The van der Waals surface area contributed by atoms with Crippen molar-refractivity contribution in [1.82, 2.24) is 9.78 Å². The first-order chi connectivity index (χ1) is 16.7. The number of hydrogen-bond acceptors (Lipinski definition) is 5. The molecule has 35 heavy (non-hydrogen) atoms. The monoisotopic (exact) mass is 555 g/mol. The second-order valence-corrected chi connectivity index (χ2v) is 10.1. The number of nitrogens with two attached hydrogens (primary N) is 1. The number of aromatic nitrogens is 2. The molecule has 0 amide bonds. The van der Waals surface area contributed by atoms with Gasteiger partial charge in [0.2, 0.25) is 10.0 Å². The van der Waals surface area contributed by atoms with Crippen molar-refractivity contribution in [3.05, 3.63) is 103 Å². The van der Waals surface area contributed by atoms with Crippen molar-refractivity contribution >= 4 is 38.6 Å². The summed E-state index contributed by atoms with van der Waals surface area (Å²) in [6.07, 6.45) is 1.69. The Kier molecular flexibility index (Phi) is 6.97. The molecule has 0 saturated carbocycles. The predicted molar refractivity (Wildman–Crippen MR) is 138 cm³/mol. The van der Waals surface area contributed by atoms with Crippen molar-refractivity contribution in [2.45, 2.75) is 11.5 Å². The first-order valence-electron chi connectivity index (χ1n) is 10.4. The van der Waals surface area contributed by atoms with Gasteiger partial charge in [-0.1, -0.05) is 36.9 Å². The predicted octanol–water partition coefficient (Wildman–Crippen LogP) is 2.40. The minimum atomic E-state index is -3.83. The van der Waals surface area contributed by atoms with Crippen molar-refractivity contribution in [2.75, 3.05) is 7.11 Å². The molecule has 0 atom stereocenters. The zero-order valence-electron chi connectivity index (χ0n) is 18.7. The number of benzene rings is 3. The molecule has 1 heterocycles. The lowest BCUT2D eigenvalue weighted by Crippen LogP contribution is -2.34. The number of hydrogen-bond donors (Lipinski definition) is 2. The molecule has 10 heteroatoms. The third kappa shape index (κ3) is 5.40. The Morgan fingerprint density at radius 1 is 1.11 bits per heavy atom. The summed E-state index contributed by atoms with van der Waals surface area (Å²) in [4.78, 5) is 13.0. The summed E-state index contributed by atoms with van der Waals surface area (Å²) in [5.74, 6) is 1.05. The zero-order valence-corrected chi connectivity index (χ0v) is 21.1. The summed E-state index contributed by atoms with van der Waals surface area (Å²) >= 11 is 3.54. The molecule has 0 unspecified atom stereocenters. The third-order valence-electron chi connectivity index (χ3n) is 5.22. The smallest absolute Gasteiger partial charge is 0.279 e. The van der Waals surface area contributed by atoms with E-state index in [4.69, 9.17) is 14.6 Å². The number of primary sulfonamides is 1. The molecule has 0 spiro atoms. The Morgan fingerprint density at radius 2 is 1.80 bits per heavy atom. The summed E-state index contributed by atoms with van der Waals surface area (Å²) in [7, 11) is -2.29. The van der Waals surface area contributed by atoms with Gasteiger partial charge in [-0.25, -0.2) is 18.2 Å². The van der Waals surface area contributed by atoms with Crippen LogP contribution in [0.15, 0.2) is 80.9 Å². The normalized spacial score (nSPS) is 12.0. The SMILES string of the molecule is C=c1[nH]n(-c2ccc(S(N)(=O)=O)cc2)c(=O)/c1=C/c1cc(Br)c(OCc2ccccc2)c(OC)c1. The lowest BCUT2D eigenvalue weighted by Gasteiger charge is -2.13. The van der Waals surface area contributed by atoms with Gasteiger partial charge in [0.1, 0.15) is 6.61 Å². The van der Waals surface area contributed by atoms with Gasteiger partial charge in [0.15, 0.2) is 11.5 Å². The Balaban J connectivity index is 1.69. The van der Waals surface area contributed by atoms with E-state index in [2.05, 4.69) is 27.6 Å². The molecule has 180 valence electrons. The molecule has 3 N–H and O–H groups in total. The molecule has 0 aliphatic carbocycles. The molecular weight excluding hydrogens is 534 g/mol. The average Bonchev–Trinajstić information content (AvgIpc) is 3.11. The Bertz CT molecular complexity index is 1640. The fraction of sp³-hybridized carbons (Fsp3) is 0.0800. The maximum Gasteiger partial charge on any atom is 0.279 e. The number of aromatic amines is 1. The van der Waals surface area contributed by atoms with Crippen LogP contribution in [0.25, 0.3) is 18.3 Å². The summed E-state index contributed by atoms with van der Waals surface area (Å²) in [5, 5.41) is 8.79. The molecule has 8 nitrogen and oxygen atoms in total. The first kappa shape index (κ1) is 24.5. The summed E-state index contributed by atoms with van der Waals surface area (Å²) < 4.78 is 36.4. The van der Waals surface area contributed by atoms with Gasteiger partial charge in [0.25, 0.3) is 5.56 Å². The van der Waals surface area contributed by atoms with E-state index in [0.717, 1.165) is 5.56 Å². The van der Waals surface area contributed by atoms with Gasteiger partial charge in [-0.3, -0.25) is 9.89 Å². The van der Waals surface area contributed by atoms with Crippen molar-refractivity contribution in [2.24, 2.45) is 5.14 Å². The van der Waals surface area contributed by atoms with Crippen LogP contribution in [0, 0.1) is 0 Å². The third-order valence-corrected chi connectivity index (χ3v) is 6.74. The fourth-order valence-corrected chi connectivity index (χ4v) is 4.56. The number of H-pyrrole nitrogens is 1. The van der Waals surface area contributed by atoms with Crippen molar-refractivity contribution < 1.29 is 17.9 Å². The Labute approximate surface area is 210 Å². The summed E-state index contributed by atoms with van der Waals surface area (Å²) in [6.45, 7) is 4.30. The molecule has 3 aromatic carbocycles. The van der Waals surface area contributed by atoms with E-state index >= 15 is 0 Å². The van der Waals surface area contributed by atoms with Crippen LogP contribution in [0.4, 0.5) is 0 Å². The minimum absolute atomic E-state index is 0.0472. The molecule has 0 aliphatic heterocycles. The quantitative estimate of drug-likeness (QED) is 0.363. The second kappa shape index (κ2) is 9.95. The highest BCUT2D eigenvalue weighted by Gasteiger charge is 2.13. The molecule has 1 aromatic heterocycles. The van der Waals surface area contributed by atoms with Gasteiger partial charge in [-0.15, -0.1) is 0 Å². The second-order valence-electron chi connectivity index (χ2n) is 7.64. The maximum atomic E-state index is 13.1. The molecule has 0 bridgehead atoms. The highest BCUT2D eigenvalue weighted by atomic mass is 79.9. The first-order valence-corrected chi connectivity index (χ1v) is 12.7. The van der Waals surface area contributed by atoms with Crippen molar-refractivity contribution in [1.29, 1.82) is 0 Å². The highest BCUT2D eigenvalue weighted by Crippen LogP contribution is 2.37. The van der Waals surface area contributed by atoms with E-state index in [1.807, 2.05) is 36.4 Å². The topological polar surface area (TPSA) is 116 Å². The lowest BCUT2D eigenvalue weighted by atomic mass is 10.1. The maximum absolute atomic E-state index is 13.1. The van der Waals surface area contributed by atoms with Crippen LogP contribution < -0.4 is 30.7 Å². The van der Waals surface area contributed by atoms with Gasteiger partial charge in [-0.05, 0) is 69.5 Å². The number of ether oxygens (including phenoxy) is 2. The van der Waals surface area contributed by atoms with Crippen LogP contribution in [-0.2, 0) is 16.6 Å². The van der Waals surface area contributed by atoms with Crippen molar-refractivity contribution in [3.63, 3.8) is 0 Å². The minimum Gasteiger partial charge on any atom is -0.493 e. The molecular formula is C25H22BrN3O5S. The number of nitrogens with one attached hydrogen (secondary N) is 1.